The summed E-state index contributed by atoms with van der Waals surface area (Å²) in [5.74, 6) is 0.773. The Balaban J connectivity index is 0.00000280. The van der Waals surface area contributed by atoms with Crippen molar-refractivity contribution < 1.29 is 0 Å². The first kappa shape index (κ1) is 22.2. The molecule has 2 aromatic heterocycles. The van der Waals surface area contributed by atoms with Crippen molar-refractivity contribution >= 4 is 41.5 Å². The summed E-state index contributed by atoms with van der Waals surface area (Å²) in [5.41, 5.74) is 3.55. The molecule has 6 nitrogen and oxygen atoms in total. The van der Waals surface area contributed by atoms with Crippen LogP contribution in [0.5, 0.6) is 0 Å². The van der Waals surface area contributed by atoms with Gasteiger partial charge in [0, 0.05) is 38.7 Å². The Kier molecular flexibility index (Phi) is 9.22. The fourth-order valence-electron chi connectivity index (χ4n) is 2.70. The number of rotatable bonds is 7. The molecule has 0 radical (unpaired) electrons. The second-order valence-corrected chi connectivity index (χ2v) is 6.50. The zero-order valence-electron chi connectivity index (χ0n) is 15.7. The lowest BCUT2D eigenvalue weighted by atomic mass is 10.1. The van der Waals surface area contributed by atoms with Gasteiger partial charge in [0.1, 0.15) is 5.15 Å². The fourth-order valence-corrected chi connectivity index (χ4v) is 2.82. The second kappa shape index (κ2) is 11.7. The average Bonchev–Trinajstić information content (AvgIpc) is 3.19. The summed E-state index contributed by atoms with van der Waals surface area (Å²) in [6.45, 7) is 2.24. The van der Waals surface area contributed by atoms with Crippen LogP contribution in [0.25, 0.3) is 0 Å². The zero-order chi connectivity index (χ0) is 18.9. The zero-order valence-corrected chi connectivity index (χ0v) is 18.8. The molecule has 3 aromatic rings. The second-order valence-electron chi connectivity index (χ2n) is 6.12. The molecule has 0 fully saturated rings. The Morgan fingerprint density at radius 3 is 2.68 bits per heavy atom. The third-order valence-electron chi connectivity index (χ3n) is 4.07. The van der Waals surface area contributed by atoms with Gasteiger partial charge in [0.25, 0.3) is 0 Å². The number of halogens is 2. The van der Waals surface area contributed by atoms with Crippen molar-refractivity contribution in [2.75, 3.05) is 13.6 Å². The minimum absolute atomic E-state index is 0. The van der Waals surface area contributed by atoms with E-state index in [1.807, 2.05) is 23.0 Å². The van der Waals surface area contributed by atoms with Gasteiger partial charge >= 0.3 is 0 Å². The quantitative estimate of drug-likeness (QED) is 0.221. The number of aromatic nitrogens is 3. The van der Waals surface area contributed by atoms with Crippen molar-refractivity contribution in [3.05, 3.63) is 82.9 Å². The van der Waals surface area contributed by atoms with Gasteiger partial charge in [0.2, 0.25) is 0 Å². The molecule has 148 valence electrons. The Bertz CT molecular complexity index is 865. The number of nitrogens with zero attached hydrogens (tertiary/aromatic N) is 4. The van der Waals surface area contributed by atoms with E-state index in [4.69, 9.17) is 11.6 Å². The van der Waals surface area contributed by atoms with Crippen LogP contribution in [-0.4, -0.2) is 34.3 Å². The molecule has 0 saturated carbocycles. The van der Waals surface area contributed by atoms with Crippen LogP contribution in [-0.2, 0) is 19.5 Å². The lowest BCUT2D eigenvalue weighted by Gasteiger charge is -2.12. The lowest BCUT2D eigenvalue weighted by Crippen LogP contribution is -2.37. The van der Waals surface area contributed by atoms with Gasteiger partial charge < -0.3 is 10.6 Å². The maximum Gasteiger partial charge on any atom is 0.191 e. The van der Waals surface area contributed by atoms with Crippen LogP contribution in [0.2, 0.25) is 5.15 Å². The summed E-state index contributed by atoms with van der Waals surface area (Å²) < 4.78 is 1.92. The molecule has 0 saturated heterocycles. The molecule has 2 N–H and O–H groups in total. The van der Waals surface area contributed by atoms with Crippen LogP contribution < -0.4 is 10.6 Å². The van der Waals surface area contributed by atoms with Gasteiger partial charge in [-0.3, -0.25) is 9.67 Å². The van der Waals surface area contributed by atoms with Crippen molar-refractivity contribution in [3.8, 4) is 0 Å². The van der Waals surface area contributed by atoms with Crippen LogP contribution in [0.4, 0.5) is 0 Å². The Labute approximate surface area is 187 Å². The first-order valence-corrected chi connectivity index (χ1v) is 9.21. The smallest absolute Gasteiger partial charge is 0.191 e. The highest BCUT2D eigenvalue weighted by Crippen LogP contribution is 2.07. The van der Waals surface area contributed by atoms with Crippen LogP contribution in [0.15, 0.2) is 66.0 Å². The molecular weight excluding hydrogens is 487 g/mol. The number of hydrogen-bond donors (Lipinski definition) is 2. The van der Waals surface area contributed by atoms with E-state index in [0.717, 1.165) is 31.0 Å². The number of hydrogen-bond acceptors (Lipinski definition) is 3. The molecule has 0 aliphatic rings. The summed E-state index contributed by atoms with van der Waals surface area (Å²) in [6.07, 6.45) is 6.41. The van der Waals surface area contributed by atoms with E-state index in [2.05, 4.69) is 50.0 Å². The molecule has 3 rings (SSSR count). The van der Waals surface area contributed by atoms with E-state index in [1.54, 1.807) is 25.5 Å². The fraction of sp³-hybridized carbons (Fsp3) is 0.250. The van der Waals surface area contributed by atoms with Gasteiger partial charge in [-0.05, 0) is 35.2 Å². The summed E-state index contributed by atoms with van der Waals surface area (Å²) in [6, 6.07) is 14.2. The molecule has 0 atom stereocenters. The van der Waals surface area contributed by atoms with Crippen LogP contribution in [0.1, 0.15) is 16.7 Å². The normalized spacial score (nSPS) is 11.0. The third kappa shape index (κ3) is 7.12. The van der Waals surface area contributed by atoms with Crippen molar-refractivity contribution in [1.82, 2.24) is 25.4 Å². The van der Waals surface area contributed by atoms with E-state index >= 15 is 0 Å². The average molecular weight is 511 g/mol. The van der Waals surface area contributed by atoms with E-state index in [-0.39, 0.29) is 24.0 Å². The highest BCUT2D eigenvalue weighted by atomic mass is 127. The van der Waals surface area contributed by atoms with Gasteiger partial charge in [-0.25, -0.2) is 4.98 Å². The summed E-state index contributed by atoms with van der Waals surface area (Å²) >= 11 is 5.81. The molecule has 0 spiro atoms. The monoisotopic (exact) mass is 510 g/mol. The first-order chi connectivity index (χ1) is 13.2. The minimum Gasteiger partial charge on any atom is -0.356 e. The van der Waals surface area contributed by atoms with E-state index < -0.39 is 0 Å². The summed E-state index contributed by atoms with van der Waals surface area (Å²) in [7, 11) is 1.77. The largest absolute Gasteiger partial charge is 0.356 e. The van der Waals surface area contributed by atoms with Crippen LogP contribution in [0.3, 0.4) is 0 Å². The van der Waals surface area contributed by atoms with Gasteiger partial charge in [0.05, 0.1) is 6.54 Å². The van der Waals surface area contributed by atoms with Crippen LogP contribution >= 0.6 is 35.6 Å². The minimum atomic E-state index is 0. The lowest BCUT2D eigenvalue weighted by molar-refractivity contribution is 0.685. The highest BCUT2D eigenvalue weighted by molar-refractivity contribution is 14.0. The Morgan fingerprint density at radius 1 is 1.11 bits per heavy atom. The molecule has 0 amide bonds. The number of benzene rings is 1. The van der Waals surface area contributed by atoms with Crippen molar-refractivity contribution in [1.29, 1.82) is 0 Å². The molecule has 0 bridgehead atoms. The molecule has 0 unspecified atom stereocenters. The molecular formula is C20H24ClIN6. The molecule has 2 heterocycles. The summed E-state index contributed by atoms with van der Waals surface area (Å²) in [4.78, 5) is 8.37. The van der Waals surface area contributed by atoms with Crippen molar-refractivity contribution in [3.63, 3.8) is 0 Å². The van der Waals surface area contributed by atoms with Crippen LogP contribution in [0, 0.1) is 0 Å². The van der Waals surface area contributed by atoms with Crippen molar-refractivity contribution in [2.45, 2.75) is 19.5 Å². The van der Waals surface area contributed by atoms with Gasteiger partial charge in [-0.2, -0.15) is 5.10 Å². The standard InChI is InChI=1S/C20H23ClN6.HI/c1-22-20(23-10-8-16-6-7-19(21)24-13-16)25-14-17-4-2-5-18(12-17)15-27-11-3-9-26-27;/h2-7,9,11-13H,8,10,14-15H2,1H3,(H2,22,23,25);1H. The predicted octanol–water partition coefficient (Wildman–Crippen LogP) is 3.51. The highest BCUT2D eigenvalue weighted by Gasteiger charge is 2.01. The van der Waals surface area contributed by atoms with Gasteiger partial charge in [-0.1, -0.05) is 41.9 Å². The summed E-state index contributed by atoms with van der Waals surface area (Å²) in [5, 5.41) is 11.4. The molecule has 28 heavy (non-hydrogen) atoms. The molecule has 0 aliphatic carbocycles. The van der Waals surface area contributed by atoms with E-state index in [1.165, 1.54) is 11.1 Å². The molecule has 1 aromatic carbocycles. The predicted molar refractivity (Wildman–Crippen MR) is 124 cm³/mol. The number of pyridine rings is 1. The molecule has 0 aliphatic heterocycles. The topological polar surface area (TPSA) is 67.1 Å². The number of guanidine groups is 1. The van der Waals surface area contributed by atoms with Gasteiger partial charge in [0.15, 0.2) is 5.96 Å². The maximum absolute atomic E-state index is 5.81. The third-order valence-corrected chi connectivity index (χ3v) is 4.30. The number of aliphatic imine (C=N–C) groups is 1. The van der Waals surface area contributed by atoms with Crippen molar-refractivity contribution in [2.24, 2.45) is 4.99 Å². The van der Waals surface area contributed by atoms with E-state index in [0.29, 0.717) is 11.7 Å². The Morgan fingerprint density at radius 2 is 1.96 bits per heavy atom. The number of nitrogens with one attached hydrogen (secondary N) is 2. The van der Waals surface area contributed by atoms with E-state index in [9.17, 15) is 0 Å². The molecule has 8 heteroatoms. The SMILES string of the molecule is CN=C(NCCc1ccc(Cl)nc1)NCc1cccc(Cn2cccn2)c1.I. The first-order valence-electron chi connectivity index (χ1n) is 8.83. The van der Waals surface area contributed by atoms with Gasteiger partial charge in [-0.15, -0.1) is 24.0 Å². The maximum atomic E-state index is 5.81. The Hall–Kier alpha value is -2.13.